The Labute approximate surface area is 118 Å². The maximum Gasteiger partial charge on any atom is 0.320 e. The van der Waals surface area contributed by atoms with Crippen molar-refractivity contribution in [1.29, 1.82) is 0 Å². The van der Waals surface area contributed by atoms with E-state index in [2.05, 4.69) is 0 Å². The first-order valence-corrected chi connectivity index (χ1v) is 7.09. The minimum absolute atomic E-state index is 0.364. The molecule has 2 aliphatic heterocycles. The van der Waals surface area contributed by atoms with Crippen molar-refractivity contribution in [3.63, 3.8) is 0 Å². The van der Waals surface area contributed by atoms with E-state index in [0.29, 0.717) is 19.8 Å². The van der Waals surface area contributed by atoms with E-state index in [4.69, 9.17) is 9.47 Å². The van der Waals surface area contributed by atoms with E-state index in [1.807, 2.05) is 23.1 Å². The van der Waals surface area contributed by atoms with E-state index in [1.54, 1.807) is 0 Å². The highest BCUT2D eigenvalue weighted by Gasteiger charge is 2.28. The van der Waals surface area contributed by atoms with Crippen molar-refractivity contribution in [3.8, 4) is 11.5 Å². The molecule has 5 heteroatoms. The number of aliphatic carboxylic acids is 1. The molecule has 0 amide bonds. The van der Waals surface area contributed by atoms with Crippen molar-refractivity contribution < 1.29 is 19.4 Å². The lowest BCUT2D eigenvalue weighted by Crippen LogP contribution is -2.44. The second-order valence-electron chi connectivity index (χ2n) is 5.30. The first-order valence-electron chi connectivity index (χ1n) is 7.09. The summed E-state index contributed by atoms with van der Waals surface area (Å²) in [5.74, 6) is 0.813. The smallest absolute Gasteiger partial charge is 0.320 e. The normalized spacial score (nSPS) is 22.5. The fraction of sp³-hybridized carbons (Fsp3) is 0.533. The number of hydrogen-bond acceptors (Lipinski definition) is 4. The van der Waals surface area contributed by atoms with Crippen molar-refractivity contribution in [2.75, 3.05) is 19.8 Å². The summed E-state index contributed by atoms with van der Waals surface area (Å²) in [6.45, 7) is 2.64. The summed E-state index contributed by atoms with van der Waals surface area (Å²) < 4.78 is 11.1. The van der Waals surface area contributed by atoms with Gasteiger partial charge in [-0.25, -0.2) is 0 Å². The van der Waals surface area contributed by atoms with E-state index in [1.165, 1.54) is 0 Å². The number of hydrogen-bond donors (Lipinski definition) is 1. The van der Waals surface area contributed by atoms with E-state index >= 15 is 0 Å². The fourth-order valence-electron chi connectivity index (χ4n) is 2.88. The Bertz CT molecular complexity index is 503. The van der Waals surface area contributed by atoms with Crippen LogP contribution in [0.25, 0.3) is 0 Å². The Balaban J connectivity index is 1.74. The lowest BCUT2D eigenvalue weighted by atomic mass is 10.0. The zero-order chi connectivity index (χ0) is 13.9. The van der Waals surface area contributed by atoms with Gasteiger partial charge in [0, 0.05) is 6.54 Å². The minimum Gasteiger partial charge on any atom is -0.486 e. The van der Waals surface area contributed by atoms with Gasteiger partial charge >= 0.3 is 5.97 Å². The maximum absolute atomic E-state index is 11.3. The van der Waals surface area contributed by atoms with E-state index < -0.39 is 5.97 Å². The van der Waals surface area contributed by atoms with Gasteiger partial charge in [0.15, 0.2) is 11.5 Å². The van der Waals surface area contributed by atoms with Crippen LogP contribution in [0.5, 0.6) is 11.5 Å². The highest BCUT2D eigenvalue weighted by Crippen LogP contribution is 2.31. The fourth-order valence-corrected chi connectivity index (χ4v) is 2.88. The molecule has 1 fully saturated rings. The van der Waals surface area contributed by atoms with Crippen LogP contribution in [0, 0.1) is 0 Å². The number of piperidine rings is 1. The molecule has 0 aliphatic carbocycles. The van der Waals surface area contributed by atoms with Crippen LogP contribution in [0.3, 0.4) is 0 Å². The molecule has 0 spiro atoms. The van der Waals surface area contributed by atoms with Gasteiger partial charge in [0.2, 0.25) is 0 Å². The third-order valence-electron chi connectivity index (χ3n) is 3.89. The van der Waals surface area contributed by atoms with Gasteiger partial charge in [-0.1, -0.05) is 12.5 Å². The first-order chi connectivity index (χ1) is 9.74. The van der Waals surface area contributed by atoms with Gasteiger partial charge in [-0.05, 0) is 37.1 Å². The Morgan fingerprint density at radius 1 is 1.25 bits per heavy atom. The molecule has 2 aliphatic rings. The van der Waals surface area contributed by atoms with Crippen molar-refractivity contribution in [2.24, 2.45) is 0 Å². The van der Waals surface area contributed by atoms with Crippen LogP contribution in [-0.2, 0) is 11.3 Å². The summed E-state index contributed by atoms with van der Waals surface area (Å²) in [6.07, 6.45) is 2.79. The molecule has 0 saturated carbocycles. The van der Waals surface area contributed by atoms with E-state index in [0.717, 1.165) is 42.9 Å². The minimum atomic E-state index is -0.720. The van der Waals surface area contributed by atoms with Gasteiger partial charge in [0.25, 0.3) is 0 Å². The van der Waals surface area contributed by atoms with Crippen LogP contribution in [-0.4, -0.2) is 41.8 Å². The maximum atomic E-state index is 11.3. The molecule has 1 atom stereocenters. The van der Waals surface area contributed by atoms with Gasteiger partial charge in [-0.3, -0.25) is 9.69 Å². The predicted octanol–water partition coefficient (Wildman–Crippen LogP) is 1.90. The summed E-state index contributed by atoms with van der Waals surface area (Å²) in [6, 6.07) is 5.49. The van der Waals surface area contributed by atoms with E-state index in [-0.39, 0.29) is 6.04 Å². The topological polar surface area (TPSA) is 59.0 Å². The Kier molecular flexibility index (Phi) is 3.78. The Morgan fingerprint density at radius 3 is 2.85 bits per heavy atom. The number of fused-ring (bicyclic) bond motifs is 1. The van der Waals surface area contributed by atoms with Gasteiger partial charge in [0.05, 0.1) is 0 Å². The molecule has 20 heavy (non-hydrogen) atoms. The Hall–Kier alpha value is -1.75. The summed E-state index contributed by atoms with van der Waals surface area (Å²) in [4.78, 5) is 13.3. The van der Waals surface area contributed by atoms with Crippen molar-refractivity contribution in [3.05, 3.63) is 23.8 Å². The SMILES string of the molecule is O=C(O)C1CCCCN1Cc1ccc2c(c1)OCCO2. The number of nitrogens with zero attached hydrogens (tertiary/aromatic N) is 1. The molecule has 2 heterocycles. The molecule has 3 rings (SSSR count). The summed E-state index contributed by atoms with van der Waals surface area (Å²) in [7, 11) is 0. The molecule has 0 aromatic heterocycles. The number of rotatable bonds is 3. The van der Waals surface area contributed by atoms with Gasteiger partial charge in [-0.15, -0.1) is 0 Å². The van der Waals surface area contributed by atoms with Crippen molar-refractivity contribution in [1.82, 2.24) is 4.90 Å². The molecular weight excluding hydrogens is 258 g/mol. The highest BCUT2D eigenvalue weighted by molar-refractivity contribution is 5.73. The number of likely N-dealkylation sites (tertiary alicyclic amines) is 1. The monoisotopic (exact) mass is 277 g/mol. The lowest BCUT2D eigenvalue weighted by Gasteiger charge is -2.33. The highest BCUT2D eigenvalue weighted by atomic mass is 16.6. The number of carboxylic acid groups (broad SMARTS) is 1. The Morgan fingerprint density at radius 2 is 2.05 bits per heavy atom. The summed E-state index contributed by atoms with van der Waals surface area (Å²) in [5, 5.41) is 9.29. The first kappa shape index (κ1) is 13.2. The van der Waals surface area contributed by atoms with Crippen molar-refractivity contribution >= 4 is 5.97 Å². The zero-order valence-electron chi connectivity index (χ0n) is 11.4. The standard InChI is InChI=1S/C15H19NO4/c17-15(18)12-3-1-2-6-16(12)10-11-4-5-13-14(9-11)20-8-7-19-13/h4-5,9,12H,1-3,6-8,10H2,(H,17,18). The summed E-state index contributed by atoms with van der Waals surface area (Å²) >= 11 is 0. The van der Waals surface area contributed by atoms with E-state index in [9.17, 15) is 9.90 Å². The van der Waals surface area contributed by atoms with Gasteiger partial charge < -0.3 is 14.6 Å². The molecule has 1 saturated heterocycles. The lowest BCUT2D eigenvalue weighted by molar-refractivity contribution is -0.144. The molecule has 1 aromatic rings. The van der Waals surface area contributed by atoms with Crippen molar-refractivity contribution in [2.45, 2.75) is 31.8 Å². The summed E-state index contributed by atoms with van der Waals surface area (Å²) in [5.41, 5.74) is 1.07. The number of carbonyl (C=O) groups is 1. The molecule has 1 aromatic carbocycles. The van der Waals surface area contributed by atoms with Gasteiger partial charge in [-0.2, -0.15) is 0 Å². The quantitative estimate of drug-likeness (QED) is 0.914. The van der Waals surface area contributed by atoms with Crippen LogP contribution in [0.15, 0.2) is 18.2 Å². The van der Waals surface area contributed by atoms with Crippen LogP contribution in [0.4, 0.5) is 0 Å². The van der Waals surface area contributed by atoms with Gasteiger partial charge in [0.1, 0.15) is 19.3 Å². The van der Waals surface area contributed by atoms with Crippen LogP contribution < -0.4 is 9.47 Å². The third-order valence-corrected chi connectivity index (χ3v) is 3.89. The molecule has 1 unspecified atom stereocenters. The second-order valence-corrected chi connectivity index (χ2v) is 5.30. The van der Waals surface area contributed by atoms with Crippen LogP contribution in [0.2, 0.25) is 0 Å². The number of carboxylic acids is 1. The number of ether oxygens (including phenoxy) is 2. The van der Waals surface area contributed by atoms with Crippen LogP contribution in [0.1, 0.15) is 24.8 Å². The predicted molar refractivity (Wildman–Crippen MR) is 73.1 cm³/mol. The average Bonchev–Trinajstić information content (AvgIpc) is 2.47. The largest absolute Gasteiger partial charge is 0.486 e. The molecule has 0 radical (unpaired) electrons. The third kappa shape index (κ3) is 2.72. The molecule has 0 bridgehead atoms. The molecule has 5 nitrogen and oxygen atoms in total. The van der Waals surface area contributed by atoms with Crippen LogP contribution >= 0.6 is 0 Å². The molecule has 108 valence electrons. The molecular formula is C15H19NO4. The average molecular weight is 277 g/mol. The number of benzene rings is 1. The molecule has 1 N–H and O–H groups in total. The zero-order valence-corrected chi connectivity index (χ0v) is 11.4. The second kappa shape index (κ2) is 5.71.